The third kappa shape index (κ3) is 38.2. The average Bonchev–Trinajstić information content (AvgIpc) is 3.12. The van der Waals surface area contributed by atoms with Crippen molar-refractivity contribution in [3.63, 3.8) is 0 Å². The van der Waals surface area contributed by atoms with Gasteiger partial charge in [0.05, 0.1) is 0 Å². The van der Waals surface area contributed by atoms with Gasteiger partial charge in [0.2, 0.25) is 0 Å². The molecule has 0 aliphatic carbocycles. The van der Waals surface area contributed by atoms with Gasteiger partial charge in [0.25, 0.3) is 0 Å². The molecule has 0 rings (SSSR count). The molecule has 292 valence electrons. The van der Waals surface area contributed by atoms with Crippen LogP contribution in [0.4, 0.5) is 0 Å². The third-order valence-electron chi connectivity index (χ3n) is 8.51. The number of ether oxygens (including phenoxy) is 3. The van der Waals surface area contributed by atoms with Gasteiger partial charge >= 0.3 is 17.9 Å². The molecule has 0 aliphatic heterocycles. The van der Waals surface area contributed by atoms with Gasteiger partial charge in [-0.3, -0.25) is 14.4 Å². The Balaban J connectivity index is 4.42. The topological polar surface area (TPSA) is 78.9 Å². The first-order chi connectivity index (χ1) is 25.0. The molecule has 0 amide bonds. The first kappa shape index (κ1) is 48.1. The molecule has 0 bridgehead atoms. The number of carbonyl (C=O) groups is 3. The smallest absolute Gasteiger partial charge is 0.306 e. The van der Waals surface area contributed by atoms with E-state index in [0.717, 1.165) is 96.3 Å². The number of unbranched alkanes of at least 4 members (excludes halogenated alkanes) is 15. The fourth-order valence-corrected chi connectivity index (χ4v) is 5.35. The molecule has 0 N–H and O–H groups in total. The number of carbonyl (C=O) groups excluding carboxylic acids is 3. The standard InChI is InChI=1S/C45H76O6/c1-4-7-10-13-16-18-20-21-22-23-25-26-29-32-35-38-44(47)50-41-42(40-49-43(46)37-34-31-28-15-12-9-6-3)51-45(48)39-36-33-30-27-24-19-17-14-11-8-5-2/h7,10,14,16-18,21-22,25-26,42H,4-6,8-9,11-13,15,19-20,23-24,27-41H2,1-3H3/b10-7-,17-14-,18-16-,22-21-,26-25-. The Hall–Kier alpha value is -2.89. The molecule has 0 spiro atoms. The molecule has 0 aromatic heterocycles. The second-order valence-corrected chi connectivity index (χ2v) is 13.5. The van der Waals surface area contributed by atoms with E-state index >= 15 is 0 Å². The van der Waals surface area contributed by atoms with Crippen LogP contribution in [0, 0.1) is 0 Å². The fraction of sp³-hybridized carbons (Fsp3) is 0.711. The van der Waals surface area contributed by atoms with Crippen molar-refractivity contribution in [2.24, 2.45) is 0 Å². The molecule has 0 aromatic carbocycles. The van der Waals surface area contributed by atoms with E-state index in [9.17, 15) is 14.4 Å². The lowest BCUT2D eigenvalue weighted by Gasteiger charge is -2.18. The molecule has 1 unspecified atom stereocenters. The number of hydrogen-bond acceptors (Lipinski definition) is 6. The first-order valence-corrected chi connectivity index (χ1v) is 20.8. The molecule has 6 nitrogen and oxygen atoms in total. The van der Waals surface area contributed by atoms with E-state index in [1.165, 1.54) is 51.4 Å². The highest BCUT2D eigenvalue weighted by atomic mass is 16.6. The van der Waals surface area contributed by atoms with Crippen molar-refractivity contribution < 1.29 is 28.6 Å². The van der Waals surface area contributed by atoms with Crippen molar-refractivity contribution >= 4 is 17.9 Å². The van der Waals surface area contributed by atoms with Crippen molar-refractivity contribution in [2.75, 3.05) is 13.2 Å². The van der Waals surface area contributed by atoms with Gasteiger partial charge < -0.3 is 14.2 Å². The van der Waals surface area contributed by atoms with Crippen molar-refractivity contribution in [3.05, 3.63) is 60.8 Å². The summed E-state index contributed by atoms with van der Waals surface area (Å²) in [6, 6.07) is 0. The fourth-order valence-electron chi connectivity index (χ4n) is 5.35. The first-order valence-electron chi connectivity index (χ1n) is 20.8. The van der Waals surface area contributed by atoms with E-state index in [0.29, 0.717) is 19.3 Å². The summed E-state index contributed by atoms with van der Waals surface area (Å²) in [5.74, 6) is -0.959. The molecule has 0 radical (unpaired) electrons. The molecular formula is C45H76O6. The second-order valence-electron chi connectivity index (χ2n) is 13.5. The molecule has 0 saturated carbocycles. The van der Waals surface area contributed by atoms with E-state index in [1.807, 2.05) is 0 Å². The van der Waals surface area contributed by atoms with Crippen LogP contribution in [0.2, 0.25) is 0 Å². The number of allylic oxidation sites excluding steroid dienone is 10. The van der Waals surface area contributed by atoms with Crippen molar-refractivity contribution in [3.8, 4) is 0 Å². The monoisotopic (exact) mass is 713 g/mol. The van der Waals surface area contributed by atoms with Gasteiger partial charge in [-0.25, -0.2) is 0 Å². The maximum Gasteiger partial charge on any atom is 0.306 e. The predicted octanol–water partition coefficient (Wildman–Crippen LogP) is 13.0. The summed E-state index contributed by atoms with van der Waals surface area (Å²) in [5.41, 5.74) is 0. The van der Waals surface area contributed by atoms with Gasteiger partial charge in [-0.05, 0) is 77.0 Å². The lowest BCUT2D eigenvalue weighted by Crippen LogP contribution is -2.30. The van der Waals surface area contributed by atoms with E-state index in [2.05, 4.69) is 81.5 Å². The summed E-state index contributed by atoms with van der Waals surface area (Å²) in [7, 11) is 0. The van der Waals surface area contributed by atoms with Gasteiger partial charge in [0.15, 0.2) is 6.10 Å². The summed E-state index contributed by atoms with van der Waals surface area (Å²) in [6.45, 7) is 6.37. The zero-order valence-corrected chi connectivity index (χ0v) is 33.1. The van der Waals surface area contributed by atoms with Crippen LogP contribution >= 0.6 is 0 Å². The number of rotatable bonds is 36. The molecule has 0 aliphatic rings. The minimum atomic E-state index is -0.789. The van der Waals surface area contributed by atoms with Gasteiger partial charge in [-0.15, -0.1) is 0 Å². The summed E-state index contributed by atoms with van der Waals surface area (Å²) >= 11 is 0. The van der Waals surface area contributed by atoms with Crippen LogP contribution in [-0.2, 0) is 28.6 Å². The van der Waals surface area contributed by atoms with E-state index in [-0.39, 0.29) is 31.1 Å². The van der Waals surface area contributed by atoms with Crippen LogP contribution in [0.15, 0.2) is 60.8 Å². The summed E-state index contributed by atoms with van der Waals surface area (Å²) in [5, 5.41) is 0. The van der Waals surface area contributed by atoms with Crippen molar-refractivity contribution in [1.29, 1.82) is 0 Å². The van der Waals surface area contributed by atoms with Crippen molar-refractivity contribution in [1.82, 2.24) is 0 Å². The van der Waals surface area contributed by atoms with Gasteiger partial charge in [-0.2, -0.15) is 0 Å². The van der Waals surface area contributed by atoms with Gasteiger partial charge in [0.1, 0.15) is 13.2 Å². The maximum absolute atomic E-state index is 12.6. The zero-order chi connectivity index (χ0) is 37.3. The molecule has 51 heavy (non-hydrogen) atoms. The van der Waals surface area contributed by atoms with Crippen molar-refractivity contribution in [2.45, 2.75) is 194 Å². The number of hydrogen-bond donors (Lipinski definition) is 0. The Morgan fingerprint density at radius 2 is 0.784 bits per heavy atom. The summed E-state index contributed by atoms with van der Waals surface area (Å²) < 4.78 is 16.5. The van der Waals surface area contributed by atoms with Crippen LogP contribution in [-0.4, -0.2) is 37.2 Å². The number of esters is 3. The van der Waals surface area contributed by atoms with E-state index in [4.69, 9.17) is 14.2 Å². The molecular weight excluding hydrogens is 636 g/mol. The Kier molecular flexibility index (Phi) is 37.6. The van der Waals surface area contributed by atoms with Crippen LogP contribution in [0.5, 0.6) is 0 Å². The van der Waals surface area contributed by atoms with Crippen LogP contribution in [0.3, 0.4) is 0 Å². The summed E-state index contributed by atoms with van der Waals surface area (Å²) in [4.78, 5) is 37.4. The largest absolute Gasteiger partial charge is 0.462 e. The quantitative estimate of drug-likeness (QED) is 0.0278. The van der Waals surface area contributed by atoms with Gasteiger partial charge in [0, 0.05) is 19.3 Å². The molecule has 0 fully saturated rings. The SMILES string of the molecule is CC/C=C\C/C=C\C/C=C\C/C=C\CCCCC(=O)OCC(COC(=O)CCCCCCCCC)OC(=O)CCCCCCC/C=C\CCCC. The molecule has 6 heteroatoms. The lowest BCUT2D eigenvalue weighted by atomic mass is 10.1. The Bertz CT molecular complexity index is 960. The second kappa shape index (κ2) is 39.9. The van der Waals surface area contributed by atoms with Gasteiger partial charge in [-0.1, -0.05) is 152 Å². The highest BCUT2D eigenvalue weighted by Crippen LogP contribution is 2.12. The lowest BCUT2D eigenvalue weighted by molar-refractivity contribution is -0.167. The van der Waals surface area contributed by atoms with Crippen LogP contribution in [0.25, 0.3) is 0 Å². The van der Waals surface area contributed by atoms with E-state index in [1.54, 1.807) is 0 Å². The Labute approximate surface area is 313 Å². The zero-order valence-electron chi connectivity index (χ0n) is 33.1. The minimum Gasteiger partial charge on any atom is -0.462 e. The maximum atomic E-state index is 12.6. The van der Waals surface area contributed by atoms with E-state index < -0.39 is 6.10 Å². The average molecular weight is 713 g/mol. The highest BCUT2D eigenvalue weighted by molar-refractivity contribution is 5.71. The van der Waals surface area contributed by atoms with Crippen LogP contribution in [0.1, 0.15) is 188 Å². The molecule has 1 atom stereocenters. The minimum absolute atomic E-state index is 0.0913. The van der Waals surface area contributed by atoms with Crippen LogP contribution < -0.4 is 0 Å². The Morgan fingerprint density at radius 3 is 1.31 bits per heavy atom. The molecule has 0 saturated heterocycles. The normalized spacial score (nSPS) is 12.6. The molecule has 0 aromatic rings. The molecule has 0 heterocycles. The Morgan fingerprint density at radius 1 is 0.412 bits per heavy atom. The predicted molar refractivity (Wildman–Crippen MR) is 215 cm³/mol. The summed E-state index contributed by atoms with van der Waals surface area (Å²) in [6.07, 6.45) is 46.4. The third-order valence-corrected chi connectivity index (χ3v) is 8.51. The highest BCUT2D eigenvalue weighted by Gasteiger charge is 2.19.